The average Bonchev–Trinajstić information content (AvgIpc) is 2.83. The van der Waals surface area contributed by atoms with Crippen molar-refractivity contribution in [1.29, 1.82) is 0 Å². The Morgan fingerprint density at radius 2 is 2.22 bits per heavy atom. The van der Waals surface area contributed by atoms with Gasteiger partial charge in [0.15, 0.2) is 10.8 Å². The van der Waals surface area contributed by atoms with E-state index >= 15 is 0 Å². The summed E-state index contributed by atoms with van der Waals surface area (Å²) < 4.78 is 38.4. The molecule has 0 aromatic carbocycles. The van der Waals surface area contributed by atoms with Gasteiger partial charge in [0.25, 0.3) is 0 Å². The topological polar surface area (TPSA) is 46.6 Å². The van der Waals surface area contributed by atoms with Crippen molar-refractivity contribution in [3.8, 4) is 0 Å². The molecular formula is C10H13F3N4S. The van der Waals surface area contributed by atoms with E-state index in [1.165, 1.54) is 16.2 Å². The first-order valence-electron chi connectivity index (χ1n) is 5.35. The summed E-state index contributed by atoms with van der Waals surface area (Å²) in [5.74, 6) is 0.522. The van der Waals surface area contributed by atoms with Gasteiger partial charge in [-0.1, -0.05) is 0 Å². The first-order valence-corrected chi connectivity index (χ1v) is 6.22. The number of aromatic nitrogens is 2. The van der Waals surface area contributed by atoms with Crippen molar-refractivity contribution in [2.45, 2.75) is 19.1 Å². The number of alkyl halides is 3. The van der Waals surface area contributed by atoms with Crippen LogP contribution in [0.4, 0.5) is 19.0 Å². The lowest BCUT2D eigenvalue weighted by atomic mass is 10.3. The Morgan fingerprint density at radius 1 is 1.50 bits per heavy atom. The molecule has 2 aromatic rings. The van der Waals surface area contributed by atoms with E-state index in [4.69, 9.17) is 5.73 Å². The van der Waals surface area contributed by atoms with Gasteiger partial charge in [0.05, 0.1) is 12.1 Å². The SMILES string of the molecule is CN(CCC(F)(F)F)c1nc2sccn2c1CN. The Kier molecular flexibility index (Phi) is 3.49. The van der Waals surface area contributed by atoms with Crippen LogP contribution >= 0.6 is 11.3 Å². The van der Waals surface area contributed by atoms with Crippen molar-refractivity contribution >= 4 is 22.1 Å². The van der Waals surface area contributed by atoms with Crippen LogP contribution in [0.1, 0.15) is 12.1 Å². The van der Waals surface area contributed by atoms with Crippen molar-refractivity contribution in [2.75, 3.05) is 18.5 Å². The minimum absolute atomic E-state index is 0.124. The number of imidazole rings is 1. The van der Waals surface area contributed by atoms with Crippen LogP contribution in [-0.4, -0.2) is 29.2 Å². The van der Waals surface area contributed by atoms with E-state index in [0.717, 1.165) is 10.7 Å². The summed E-state index contributed by atoms with van der Waals surface area (Å²) in [5.41, 5.74) is 6.37. The van der Waals surface area contributed by atoms with E-state index in [1.54, 1.807) is 7.05 Å². The second kappa shape index (κ2) is 4.77. The van der Waals surface area contributed by atoms with Crippen molar-refractivity contribution in [3.63, 3.8) is 0 Å². The lowest BCUT2D eigenvalue weighted by Gasteiger charge is -2.18. The van der Waals surface area contributed by atoms with Gasteiger partial charge in [-0.2, -0.15) is 13.2 Å². The maximum absolute atomic E-state index is 12.2. The summed E-state index contributed by atoms with van der Waals surface area (Å²) in [7, 11) is 1.59. The Labute approximate surface area is 106 Å². The fraction of sp³-hybridized carbons (Fsp3) is 0.500. The summed E-state index contributed by atoms with van der Waals surface area (Å²) >= 11 is 1.43. The molecule has 0 radical (unpaired) electrons. The molecule has 8 heteroatoms. The highest BCUT2D eigenvalue weighted by atomic mass is 32.1. The molecular weight excluding hydrogens is 265 g/mol. The van der Waals surface area contributed by atoms with Crippen LogP contribution in [0.25, 0.3) is 4.96 Å². The minimum atomic E-state index is -4.16. The summed E-state index contributed by atoms with van der Waals surface area (Å²) in [6, 6.07) is 0. The van der Waals surface area contributed by atoms with Gasteiger partial charge in [-0.3, -0.25) is 4.40 Å². The predicted molar refractivity (Wildman–Crippen MR) is 64.9 cm³/mol. The third-order valence-corrected chi connectivity index (χ3v) is 3.38. The molecule has 2 aromatic heterocycles. The van der Waals surface area contributed by atoms with Gasteiger partial charge < -0.3 is 10.6 Å². The Balaban J connectivity index is 2.21. The molecule has 18 heavy (non-hydrogen) atoms. The van der Waals surface area contributed by atoms with Gasteiger partial charge in [-0.15, -0.1) is 11.3 Å². The van der Waals surface area contributed by atoms with E-state index in [-0.39, 0.29) is 13.1 Å². The molecule has 2 rings (SSSR count). The van der Waals surface area contributed by atoms with Crippen LogP contribution in [0.2, 0.25) is 0 Å². The quantitative estimate of drug-likeness (QED) is 0.933. The van der Waals surface area contributed by atoms with Gasteiger partial charge in [0, 0.05) is 31.7 Å². The molecule has 0 unspecified atom stereocenters. The van der Waals surface area contributed by atoms with E-state index in [9.17, 15) is 13.2 Å². The predicted octanol–water partition coefficient (Wildman–Crippen LogP) is 2.24. The van der Waals surface area contributed by atoms with E-state index < -0.39 is 12.6 Å². The summed E-state index contributed by atoms with van der Waals surface area (Å²) in [6.45, 7) is 0.116. The molecule has 2 N–H and O–H groups in total. The second-order valence-corrected chi connectivity index (χ2v) is 4.80. The van der Waals surface area contributed by atoms with E-state index in [0.29, 0.717) is 5.82 Å². The van der Waals surface area contributed by atoms with Gasteiger partial charge in [0.2, 0.25) is 0 Å². The summed E-state index contributed by atoms with van der Waals surface area (Å²) in [4.78, 5) is 6.54. The number of anilines is 1. The largest absolute Gasteiger partial charge is 0.390 e. The van der Waals surface area contributed by atoms with Crippen molar-refractivity contribution in [1.82, 2.24) is 9.38 Å². The highest BCUT2D eigenvalue weighted by Crippen LogP contribution is 2.25. The third-order valence-electron chi connectivity index (χ3n) is 2.63. The van der Waals surface area contributed by atoms with Crippen molar-refractivity contribution < 1.29 is 13.2 Å². The van der Waals surface area contributed by atoms with Gasteiger partial charge in [-0.25, -0.2) is 4.98 Å². The first kappa shape index (κ1) is 13.2. The van der Waals surface area contributed by atoms with Crippen LogP contribution < -0.4 is 10.6 Å². The highest BCUT2D eigenvalue weighted by Gasteiger charge is 2.28. The Morgan fingerprint density at radius 3 is 2.83 bits per heavy atom. The lowest BCUT2D eigenvalue weighted by Crippen LogP contribution is -2.25. The fourth-order valence-electron chi connectivity index (χ4n) is 1.72. The molecule has 0 aliphatic carbocycles. The third kappa shape index (κ3) is 2.59. The molecule has 100 valence electrons. The summed E-state index contributed by atoms with van der Waals surface area (Å²) in [6.07, 6.45) is -3.21. The molecule has 0 aliphatic heterocycles. The molecule has 0 spiro atoms. The maximum Gasteiger partial charge on any atom is 0.390 e. The molecule has 0 aliphatic rings. The van der Waals surface area contributed by atoms with Crippen molar-refractivity contribution in [3.05, 3.63) is 17.3 Å². The number of hydrogen-bond acceptors (Lipinski definition) is 4. The van der Waals surface area contributed by atoms with Gasteiger partial charge >= 0.3 is 6.18 Å². The molecule has 0 bridgehead atoms. The summed E-state index contributed by atoms with van der Waals surface area (Å²) in [5, 5.41) is 1.86. The highest BCUT2D eigenvalue weighted by molar-refractivity contribution is 7.15. The van der Waals surface area contributed by atoms with Gasteiger partial charge in [0.1, 0.15) is 0 Å². The Bertz CT molecular complexity index is 531. The van der Waals surface area contributed by atoms with Crippen LogP contribution in [-0.2, 0) is 6.54 Å². The molecule has 0 saturated carbocycles. The number of thiazole rings is 1. The zero-order valence-electron chi connectivity index (χ0n) is 9.74. The van der Waals surface area contributed by atoms with Gasteiger partial charge in [-0.05, 0) is 0 Å². The zero-order chi connectivity index (χ0) is 13.3. The number of rotatable bonds is 4. The van der Waals surface area contributed by atoms with Crippen LogP contribution in [0, 0.1) is 0 Å². The maximum atomic E-state index is 12.2. The molecule has 4 nitrogen and oxygen atoms in total. The lowest BCUT2D eigenvalue weighted by molar-refractivity contribution is -0.132. The normalized spacial score (nSPS) is 12.3. The average molecular weight is 278 g/mol. The van der Waals surface area contributed by atoms with Crippen LogP contribution in [0.15, 0.2) is 11.6 Å². The molecule has 0 fully saturated rings. The number of fused-ring (bicyclic) bond motifs is 1. The van der Waals surface area contributed by atoms with Crippen molar-refractivity contribution in [2.24, 2.45) is 5.73 Å². The smallest absolute Gasteiger partial charge is 0.358 e. The van der Waals surface area contributed by atoms with Crippen LogP contribution in [0.3, 0.4) is 0 Å². The minimum Gasteiger partial charge on any atom is -0.358 e. The molecule has 2 heterocycles. The molecule has 0 atom stereocenters. The first-order chi connectivity index (χ1) is 8.42. The van der Waals surface area contributed by atoms with Crippen LogP contribution in [0.5, 0.6) is 0 Å². The number of nitrogens with two attached hydrogens (primary N) is 1. The van der Waals surface area contributed by atoms with E-state index in [2.05, 4.69) is 4.98 Å². The monoisotopic (exact) mass is 278 g/mol. The molecule has 0 amide bonds. The molecule has 0 saturated heterocycles. The zero-order valence-corrected chi connectivity index (χ0v) is 10.6. The fourth-order valence-corrected chi connectivity index (χ4v) is 2.44. The Hall–Kier alpha value is -1.28. The second-order valence-electron chi connectivity index (χ2n) is 3.93. The number of hydrogen-bond donors (Lipinski definition) is 1. The standard InChI is InChI=1S/C10H13F3N4S/c1-16(3-2-10(11,12)13)8-7(6-14)17-4-5-18-9(17)15-8/h4-5H,2-3,6,14H2,1H3. The number of nitrogens with zero attached hydrogens (tertiary/aromatic N) is 3. The van der Waals surface area contributed by atoms with E-state index in [1.807, 2.05) is 16.0 Å². The number of halogens is 3.